The normalized spacial score (nSPS) is 22.7. The van der Waals surface area contributed by atoms with Gasteiger partial charge in [-0.2, -0.15) is 0 Å². The number of hydrogen-bond acceptors (Lipinski definition) is 1. The highest BCUT2D eigenvalue weighted by molar-refractivity contribution is 5.81. The van der Waals surface area contributed by atoms with Crippen LogP contribution < -0.4 is 4.90 Å². The summed E-state index contributed by atoms with van der Waals surface area (Å²) in [4.78, 5) is 2.37. The summed E-state index contributed by atoms with van der Waals surface area (Å²) in [6, 6.07) is 57.9. The van der Waals surface area contributed by atoms with Gasteiger partial charge in [-0.05, 0) is 137 Å². The molecular weight excluding hydrogens is 567 g/mol. The van der Waals surface area contributed by atoms with E-state index in [0.717, 1.165) is 46.7 Å². The van der Waals surface area contributed by atoms with Crippen LogP contribution in [-0.4, -0.2) is 0 Å². The lowest BCUT2D eigenvalue weighted by atomic mass is 9.50. The molecule has 6 aromatic carbocycles. The SMILES string of the molecule is c1ccc(-c2ccc(N(c3ccc(-c4ccccc4)cc3)c3ccc(-c4cccc(C5C6CC7CC(C6)CC5C7)c4)cc3)cc2)cc1. The van der Waals surface area contributed by atoms with Crippen LogP contribution in [0.3, 0.4) is 0 Å². The van der Waals surface area contributed by atoms with Crippen molar-refractivity contribution in [2.45, 2.75) is 38.0 Å². The number of anilines is 3. The van der Waals surface area contributed by atoms with Crippen LogP contribution in [0, 0.1) is 23.7 Å². The molecule has 0 atom stereocenters. The molecule has 4 aliphatic rings. The second kappa shape index (κ2) is 12.0. The van der Waals surface area contributed by atoms with E-state index in [1.165, 1.54) is 65.5 Å². The van der Waals surface area contributed by atoms with Crippen molar-refractivity contribution in [3.05, 3.63) is 163 Å². The maximum Gasteiger partial charge on any atom is 0.0462 e. The van der Waals surface area contributed by atoms with E-state index in [1.807, 2.05) is 0 Å². The Kier molecular flexibility index (Phi) is 7.27. The molecule has 0 saturated heterocycles. The molecule has 0 radical (unpaired) electrons. The van der Waals surface area contributed by atoms with Gasteiger partial charge in [0.25, 0.3) is 0 Å². The van der Waals surface area contributed by atoms with Crippen molar-refractivity contribution < 1.29 is 0 Å². The van der Waals surface area contributed by atoms with E-state index >= 15 is 0 Å². The molecule has 4 aliphatic carbocycles. The molecule has 0 heterocycles. The lowest BCUT2D eigenvalue weighted by molar-refractivity contribution is -0.00276. The second-order valence-corrected chi connectivity index (χ2v) is 14.3. The van der Waals surface area contributed by atoms with Crippen LogP contribution in [0.4, 0.5) is 17.1 Å². The van der Waals surface area contributed by atoms with Gasteiger partial charge in [0.05, 0.1) is 0 Å². The molecule has 47 heavy (non-hydrogen) atoms. The summed E-state index contributed by atoms with van der Waals surface area (Å²) < 4.78 is 0. The minimum Gasteiger partial charge on any atom is -0.311 e. The highest BCUT2D eigenvalue weighted by Crippen LogP contribution is 2.60. The smallest absolute Gasteiger partial charge is 0.0462 e. The highest BCUT2D eigenvalue weighted by Gasteiger charge is 2.48. The van der Waals surface area contributed by atoms with E-state index in [0.29, 0.717) is 0 Å². The Hall–Kier alpha value is -4.88. The minimum absolute atomic E-state index is 0.759. The molecule has 1 nitrogen and oxygen atoms in total. The number of benzene rings is 6. The first kappa shape index (κ1) is 28.4. The molecule has 4 fully saturated rings. The maximum atomic E-state index is 2.52. The van der Waals surface area contributed by atoms with Crippen LogP contribution in [0.1, 0.15) is 43.6 Å². The molecule has 230 valence electrons. The van der Waals surface area contributed by atoms with Gasteiger partial charge >= 0.3 is 0 Å². The van der Waals surface area contributed by atoms with Crippen LogP contribution in [0.25, 0.3) is 33.4 Å². The maximum absolute atomic E-state index is 2.52. The van der Waals surface area contributed by atoms with Crippen molar-refractivity contribution in [3.8, 4) is 33.4 Å². The zero-order valence-electron chi connectivity index (χ0n) is 26.9. The third-order valence-corrected chi connectivity index (χ3v) is 11.4. The Labute approximate surface area is 279 Å². The van der Waals surface area contributed by atoms with Crippen molar-refractivity contribution >= 4 is 17.1 Å². The summed E-state index contributed by atoms with van der Waals surface area (Å²) in [5.41, 5.74) is 12.6. The summed E-state index contributed by atoms with van der Waals surface area (Å²) in [6.45, 7) is 0. The molecule has 0 unspecified atom stereocenters. The van der Waals surface area contributed by atoms with Crippen molar-refractivity contribution in [1.29, 1.82) is 0 Å². The summed E-state index contributed by atoms with van der Waals surface area (Å²) in [6.07, 6.45) is 7.36. The highest BCUT2D eigenvalue weighted by atomic mass is 15.1. The van der Waals surface area contributed by atoms with Gasteiger partial charge in [-0.3, -0.25) is 0 Å². The zero-order chi connectivity index (χ0) is 31.2. The summed E-state index contributed by atoms with van der Waals surface area (Å²) in [5.74, 6) is 4.58. The van der Waals surface area contributed by atoms with Crippen LogP contribution >= 0.6 is 0 Å². The van der Waals surface area contributed by atoms with Crippen LogP contribution in [0.2, 0.25) is 0 Å². The van der Waals surface area contributed by atoms with Gasteiger partial charge in [0, 0.05) is 17.1 Å². The molecule has 10 rings (SSSR count). The Morgan fingerprint density at radius 1 is 0.340 bits per heavy atom. The molecule has 1 heteroatoms. The lowest BCUT2D eigenvalue weighted by Gasteiger charge is -2.54. The number of nitrogens with zero attached hydrogens (tertiary/aromatic N) is 1. The zero-order valence-corrected chi connectivity index (χ0v) is 26.9. The van der Waals surface area contributed by atoms with Gasteiger partial charge in [-0.15, -0.1) is 0 Å². The Morgan fingerprint density at radius 2 is 0.723 bits per heavy atom. The molecule has 0 spiro atoms. The van der Waals surface area contributed by atoms with Gasteiger partial charge in [-0.1, -0.05) is 121 Å². The van der Waals surface area contributed by atoms with Gasteiger partial charge in [0.1, 0.15) is 0 Å². The van der Waals surface area contributed by atoms with Gasteiger partial charge in [0.15, 0.2) is 0 Å². The first-order valence-corrected chi connectivity index (χ1v) is 17.6. The van der Waals surface area contributed by atoms with Crippen LogP contribution in [-0.2, 0) is 0 Å². The number of rotatable bonds is 7. The second-order valence-electron chi connectivity index (χ2n) is 14.3. The quantitative estimate of drug-likeness (QED) is 0.174. The third-order valence-electron chi connectivity index (χ3n) is 11.4. The molecule has 0 N–H and O–H groups in total. The first-order chi connectivity index (χ1) is 23.2. The molecular formula is C46H41N. The predicted molar refractivity (Wildman–Crippen MR) is 197 cm³/mol. The number of hydrogen-bond donors (Lipinski definition) is 0. The van der Waals surface area contributed by atoms with E-state index in [4.69, 9.17) is 0 Å². The van der Waals surface area contributed by atoms with Crippen molar-refractivity contribution in [3.63, 3.8) is 0 Å². The van der Waals surface area contributed by atoms with E-state index in [1.54, 1.807) is 5.56 Å². The van der Waals surface area contributed by atoms with E-state index < -0.39 is 0 Å². The summed E-state index contributed by atoms with van der Waals surface area (Å²) >= 11 is 0. The predicted octanol–water partition coefficient (Wildman–Crippen LogP) is 12.7. The van der Waals surface area contributed by atoms with Crippen LogP contribution in [0.5, 0.6) is 0 Å². The monoisotopic (exact) mass is 607 g/mol. The average Bonchev–Trinajstić information content (AvgIpc) is 3.13. The average molecular weight is 608 g/mol. The van der Waals surface area contributed by atoms with Gasteiger partial charge in [0.2, 0.25) is 0 Å². The van der Waals surface area contributed by atoms with E-state index in [-0.39, 0.29) is 0 Å². The molecule has 4 saturated carbocycles. The molecule has 0 amide bonds. The van der Waals surface area contributed by atoms with Gasteiger partial charge in [-0.25, -0.2) is 0 Å². The fourth-order valence-corrected chi connectivity index (χ4v) is 9.51. The van der Waals surface area contributed by atoms with Crippen molar-refractivity contribution in [2.75, 3.05) is 4.90 Å². The summed E-state index contributed by atoms with van der Waals surface area (Å²) in [5, 5.41) is 0. The largest absolute Gasteiger partial charge is 0.311 e. The fourth-order valence-electron chi connectivity index (χ4n) is 9.51. The summed E-state index contributed by atoms with van der Waals surface area (Å²) in [7, 11) is 0. The molecule has 0 aromatic heterocycles. The lowest BCUT2D eigenvalue weighted by Crippen LogP contribution is -2.43. The standard InChI is InChI=1S/C46H41N/c1-3-8-34(9-4-1)36-14-20-43(21-15-36)47(44-22-16-37(17-23-44)35-10-5-2-6-11-35)45-24-18-38(19-25-45)39-12-7-13-40(31-39)46-41-27-32-26-33(29-41)30-42(46)28-32/h1-25,31-33,41-42,46H,26-30H2. The topological polar surface area (TPSA) is 3.24 Å². The Bertz CT molecular complexity index is 1850. The van der Waals surface area contributed by atoms with E-state index in [9.17, 15) is 0 Å². The first-order valence-electron chi connectivity index (χ1n) is 17.6. The van der Waals surface area contributed by atoms with Crippen molar-refractivity contribution in [1.82, 2.24) is 0 Å². The minimum atomic E-state index is 0.759. The van der Waals surface area contributed by atoms with Crippen LogP contribution in [0.15, 0.2) is 158 Å². The molecule has 0 aliphatic heterocycles. The Balaban J connectivity index is 1.04. The van der Waals surface area contributed by atoms with Crippen molar-refractivity contribution in [2.24, 2.45) is 23.7 Å². The fraction of sp³-hybridized carbons (Fsp3) is 0.217. The molecule has 4 bridgehead atoms. The molecule has 6 aromatic rings. The Morgan fingerprint density at radius 3 is 1.17 bits per heavy atom. The van der Waals surface area contributed by atoms with E-state index in [2.05, 4.69) is 163 Å². The third kappa shape index (κ3) is 5.48. The van der Waals surface area contributed by atoms with Gasteiger partial charge < -0.3 is 4.90 Å².